The lowest BCUT2D eigenvalue weighted by molar-refractivity contribution is -0.137. The van der Waals surface area contributed by atoms with Gasteiger partial charge in [-0.1, -0.05) is 29.8 Å². The van der Waals surface area contributed by atoms with E-state index in [1.165, 1.54) is 0 Å². The van der Waals surface area contributed by atoms with E-state index in [2.05, 4.69) is 18.7 Å². The van der Waals surface area contributed by atoms with Gasteiger partial charge in [0.25, 0.3) is 0 Å². The van der Waals surface area contributed by atoms with E-state index in [4.69, 9.17) is 16.7 Å². The maximum atomic E-state index is 10.6. The van der Waals surface area contributed by atoms with Crippen molar-refractivity contribution in [1.29, 1.82) is 0 Å². The molecule has 0 atom stereocenters. The molecule has 1 aromatic carbocycles. The summed E-state index contributed by atoms with van der Waals surface area (Å²) in [5.41, 5.74) is 1.04. The normalized spacial score (nSPS) is 11.1. The smallest absolute Gasteiger partial charge is 0.304 e. The SMILES string of the molecule is CC(C)N(CCC(=O)O)Cc1ccccc1Cl. The first-order chi connectivity index (χ1) is 8.00. The van der Waals surface area contributed by atoms with Crippen molar-refractivity contribution in [1.82, 2.24) is 4.90 Å². The summed E-state index contributed by atoms with van der Waals surface area (Å²) >= 11 is 6.09. The molecular weight excluding hydrogens is 238 g/mol. The Morgan fingerprint density at radius 3 is 2.59 bits per heavy atom. The zero-order valence-electron chi connectivity index (χ0n) is 10.2. The second-order valence-electron chi connectivity index (χ2n) is 4.30. The minimum absolute atomic E-state index is 0.155. The topological polar surface area (TPSA) is 40.5 Å². The predicted octanol–water partition coefficient (Wildman–Crippen LogP) is 3.03. The maximum Gasteiger partial charge on any atom is 0.304 e. The lowest BCUT2D eigenvalue weighted by Gasteiger charge is -2.26. The molecule has 94 valence electrons. The number of carboxylic acids is 1. The van der Waals surface area contributed by atoms with E-state index in [0.717, 1.165) is 10.6 Å². The van der Waals surface area contributed by atoms with Crippen molar-refractivity contribution in [2.45, 2.75) is 32.9 Å². The van der Waals surface area contributed by atoms with Crippen LogP contribution in [-0.2, 0) is 11.3 Å². The summed E-state index contributed by atoms with van der Waals surface area (Å²) in [5.74, 6) is -0.769. The first-order valence-electron chi connectivity index (χ1n) is 5.70. The summed E-state index contributed by atoms with van der Waals surface area (Å²) in [7, 11) is 0. The summed E-state index contributed by atoms with van der Waals surface area (Å²) in [6.45, 7) is 5.33. The molecule has 3 nitrogen and oxygen atoms in total. The first kappa shape index (κ1) is 14.0. The minimum Gasteiger partial charge on any atom is -0.481 e. The fourth-order valence-corrected chi connectivity index (χ4v) is 1.80. The van der Waals surface area contributed by atoms with Gasteiger partial charge in [0.05, 0.1) is 6.42 Å². The van der Waals surface area contributed by atoms with Crippen molar-refractivity contribution in [2.75, 3.05) is 6.54 Å². The summed E-state index contributed by atoms with van der Waals surface area (Å²) < 4.78 is 0. The van der Waals surface area contributed by atoms with Gasteiger partial charge in [0.2, 0.25) is 0 Å². The van der Waals surface area contributed by atoms with E-state index in [1.54, 1.807) is 0 Å². The van der Waals surface area contributed by atoms with Crippen molar-refractivity contribution in [3.8, 4) is 0 Å². The molecule has 0 saturated carbocycles. The van der Waals surface area contributed by atoms with Gasteiger partial charge in [-0.3, -0.25) is 9.69 Å². The number of halogens is 1. The molecular formula is C13H18ClNO2. The van der Waals surface area contributed by atoms with Gasteiger partial charge >= 0.3 is 5.97 Å². The molecule has 0 heterocycles. The van der Waals surface area contributed by atoms with Crippen LogP contribution in [0.3, 0.4) is 0 Å². The second kappa shape index (κ2) is 6.62. The van der Waals surface area contributed by atoms with Gasteiger partial charge in [0, 0.05) is 24.2 Å². The maximum absolute atomic E-state index is 10.6. The molecule has 1 rings (SSSR count). The average molecular weight is 256 g/mol. The highest BCUT2D eigenvalue weighted by Crippen LogP contribution is 2.18. The van der Waals surface area contributed by atoms with Crippen LogP contribution in [0.4, 0.5) is 0 Å². The molecule has 0 bridgehead atoms. The van der Waals surface area contributed by atoms with Gasteiger partial charge in [-0.05, 0) is 25.5 Å². The highest BCUT2D eigenvalue weighted by molar-refractivity contribution is 6.31. The van der Waals surface area contributed by atoms with E-state index < -0.39 is 5.97 Å². The first-order valence-corrected chi connectivity index (χ1v) is 6.07. The van der Waals surface area contributed by atoms with Gasteiger partial charge < -0.3 is 5.11 Å². The molecule has 0 unspecified atom stereocenters. The number of aliphatic carboxylic acids is 1. The Morgan fingerprint density at radius 2 is 2.06 bits per heavy atom. The van der Waals surface area contributed by atoms with E-state index in [9.17, 15) is 4.79 Å². The van der Waals surface area contributed by atoms with Crippen LogP contribution in [0.15, 0.2) is 24.3 Å². The Morgan fingerprint density at radius 1 is 1.41 bits per heavy atom. The molecule has 1 N–H and O–H groups in total. The second-order valence-corrected chi connectivity index (χ2v) is 4.71. The van der Waals surface area contributed by atoms with Gasteiger partial charge in [-0.15, -0.1) is 0 Å². The van der Waals surface area contributed by atoms with Gasteiger partial charge in [0.1, 0.15) is 0 Å². The number of hydrogen-bond acceptors (Lipinski definition) is 2. The zero-order chi connectivity index (χ0) is 12.8. The summed E-state index contributed by atoms with van der Waals surface area (Å²) in [4.78, 5) is 12.7. The van der Waals surface area contributed by atoms with Crippen LogP contribution in [-0.4, -0.2) is 28.6 Å². The molecule has 0 aliphatic rings. The van der Waals surface area contributed by atoms with Crippen LogP contribution in [0, 0.1) is 0 Å². The number of hydrogen-bond donors (Lipinski definition) is 1. The number of rotatable bonds is 6. The molecule has 1 aromatic rings. The lowest BCUT2D eigenvalue weighted by atomic mass is 10.2. The molecule has 0 radical (unpaired) electrons. The molecule has 0 fully saturated rings. The largest absolute Gasteiger partial charge is 0.481 e. The monoisotopic (exact) mass is 255 g/mol. The molecule has 0 aliphatic heterocycles. The van der Waals surface area contributed by atoms with Crippen molar-refractivity contribution < 1.29 is 9.90 Å². The molecule has 0 amide bonds. The fourth-order valence-electron chi connectivity index (χ4n) is 1.60. The van der Waals surface area contributed by atoms with E-state index in [1.807, 2.05) is 24.3 Å². The average Bonchev–Trinajstić information content (AvgIpc) is 2.25. The third kappa shape index (κ3) is 4.75. The summed E-state index contributed by atoms with van der Waals surface area (Å²) in [6, 6.07) is 7.95. The molecule has 4 heteroatoms. The Labute approximate surface area is 107 Å². The van der Waals surface area contributed by atoms with Crippen molar-refractivity contribution in [3.05, 3.63) is 34.9 Å². The van der Waals surface area contributed by atoms with Crippen molar-refractivity contribution in [3.63, 3.8) is 0 Å². The minimum atomic E-state index is -0.769. The molecule has 17 heavy (non-hydrogen) atoms. The van der Waals surface area contributed by atoms with Crippen molar-refractivity contribution in [2.24, 2.45) is 0 Å². The number of benzene rings is 1. The van der Waals surface area contributed by atoms with Crippen LogP contribution in [0.2, 0.25) is 5.02 Å². The number of carbonyl (C=O) groups is 1. The number of carboxylic acid groups (broad SMARTS) is 1. The van der Waals surface area contributed by atoms with Crippen LogP contribution in [0.25, 0.3) is 0 Å². The quantitative estimate of drug-likeness (QED) is 0.850. The molecule has 0 spiro atoms. The van der Waals surface area contributed by atoms with Gasteiger partial charge in [0.15, 0.2) is 0 Å². The summed E-state index contributed by atoms with van der Waals surface area (Å²) in [5, 5.41) is 9.44. The Balaban J connectivity index is 2.67. The van der Waals surface area contributed by atoms with E-state index in [-0.39, 0.29) is 6.42 Å². The lowest BCUT2D eigenvalue weighted by Crippen LogP contribution is -2.32. The van der Waals surface area contributed by atoms with Gasteiger partial charge in [-0.2, -0.15) is 0 Å². The highest BCUT2D eigenvalue weighted by Gasteiger charge is 2.13. The van der Waals surface area contributed by atoms with Crippen molar-refractivity contribution >= 4 is 17.6 Å². The third-order valence-corrected chi connectivity index (χ3v) is 3.04. The fraction of sp³-hybridized carbons (Fsp3) is 0.462. The third-order valence-electron chi connectivity index (χ3n) is 2.67. The highest BCUT2D eigenvalue weighted by atomic mass is 35.5. The molecule has 0 saturated heterocycles. The van der Waals surface area contributed by atoms with Crippen LogP contribution < -0.4 is 0 Å². The standard InChI is InChI=1S/C13H18ClNO2/c1-10(2)15(8-7-13(16)17)9-11-5-3-4-6-12(11)14/h3-6,10H,7-9H2,1-2H3,(H,16,17). The summed E-state index contributed by atoms with van der Waals surface area (Å²) in [6.07, 6.45) is 0.155. The Hall–Kier alpha value is -1.06. The number of nitrogens with zero attached hydrogens (tertiary/aromatic N) is 1. The molecule has 0 aliphatic carbocycles. The Kier molecular flexibility index (Phi) is 5.45. The Bertz CT molecular complexity index is 379. The molecule has 0 aromatic heterocycles. The predicted molar refractivity (Wildman–Crippen MR) is 69.3 cm³/mol. The van der Waals surface area contributed by atoms with Crippen LogP contribution in [0.1, 0.15) is 25.8 Å². The van der Waals surface area contributed by atoms with Crippen LogP contribution >= 0.6 is 11.6 Å². The zero-order valence-corrected chi connectivity index (χ0v) is 10.9. The van der Waals surface area contributed by atoms with E-state index >= 15 is 0 Å². The van der Waals surface area contributed by atoms with Gasteiger partial charge in [-0.25, -0.2) is 0 Å². The van der Waals surface area contributed by atoms with E-state index in [0.29, 0.717) is 19.1 Å². The van der Waals surface area contributed by atoms with Crippen LogP contribution in [0.5, 0.6) is 0 Å².